The Morgan fingerprint density at radius 2 is 1.74 bits per heavy atom. The van der Waals surface area contributed by atoms with Gasteiger partial charge in [-0.25, -0.2) is 9.49 Å². The first-order valence-corrected chi connectivity index (χ1v) is 10.3. The maximum atomic E-state index is 13.8. The highest BCUT2D eigenvalue weighted by molar-refractivity contribution is 7.71. The molecule has 0 atom stereocenters. The Morgan fingerprint density at radius 1 is 1.06 bits per heavy atom. The summed E-state index contributed by atoms with van der Waals surface area (Å²) in [5.41, 5.74) is 1.90. The Morgan fingerprint density at radius 3 is 2.45 bits per heavy atom. The molecule has 0 bridgehead atoms. The van der Waals surface area contributed by atoms with Crippen LogP contribution in [-0.2, 0) is 6.61 Å². The van der Waals surface area contributed by atoms with Gasteiger partial charge in [0.15, 0.2) is 11.6 Å². The largest absolute Gasteiger partial charge is 0.486 e. The number of benzene rings is 3. The fourth-order valence-electron chi connectivity index (χ4n) is 2.85. The zero-order chi connectivity index (χ0) is 21.8. The van der Waals surface area contributed by atoms with Gasteiger partial charge in [0, 0.05) is 11.1 Å². The number of hydrogen-bond acceptors (Lipinski definition) is 4. The first-order valence-electron chi connectivity index (χ1n) is 9.15. The molecule has 5 nitrogen and oxygen atoms in total. The van der Waals surface area contributed by atoms with Gasteiger partial charge in [0.1, 0.15) is 12.4 Å². The molecule has 3 aromatic carbocycles. The van der Waals surface area contributed by atoms with Crippen LogP contribution in [0.5, 0.6) is 5.75 Å². The first kappa shape index (κ1) is 21.2. The summed E-state index contributed by atoms with van der Waals surface area (Å²) in [6.07, 6.45) is 1.57. The monoisotopic (exact) mass is 472 g/mol. The van der Waals surface area contributed by atoms with E-state index in [2.05, 4.69) is 15.3 Å². The highest BCUT2D eigenvalue weighted by Crippen LogP contribution is 2.34. The molecule has 0 saturated heterocycles. The molecule has 0 aliphatic carbocycles. The zero-order valence-corrected chi connectivity index (χ0v) is 18.3. The number of hydrogen-bond donors (Lipinski definition) is 1. The summed E-state index contributed by atoms with van der Waals surface area (Å²) in [5.74, 6) is 0.488. The maximum absolute atomic E-state index is 13.8. The predicted octanol–water partition coefficient (Wildman–Crippen LogP) is 6.51. The van der Waals surface area contributed by atoms with Crippen molar-refractivity contribution in [1.82, 2.24) is 14.9 Å². The summed E-state index contributed by atoms with van der Waals surface area (Å²) in [7, 11) is 0. The number of rotatable bonds is 6. The predicted molar refractivity (Wildman–Crippen MR) is 123 cm³/mol. The quantitative estimate of drug-likeness (QED) is 0.256. The lowest BCUT2D eigenvalue weighted by Gasteiger charge is -2.11. The summed E-state index contributed by atoms with van der Waals surface area (Å²) in [4.78, 5) is 0. The lowest BCUT2D eigenvalue weighted by Crippen LogP contribution is -2.00. The van der Waals surface area contributed by atoms with Crippen molar-refractivity contribution in [3.05, 3.63) is 98.5 Å². The molecule has 0 spiro atoms. The fraction of sp³-hybridized carbons (Fsp3) is 0.0455. The summed E-state index contributed by atoms with van der Waals surface area (Å²) in [5, 5.41) is 12.0. The molecule has 4 aromatic rings. The van der Waals surface area contributed by atoms with E-state index in [1.807, 2.05) is 30.3 Å². The summed E-state index contributed by atoms with van der Waals surface area (Å²) in [6, 6.07) is 19.2. The number of ether oxygens (including phenoxy) is 1. The van der Waals surface area contributed by atoms with Gasteiger partial charge in [-0.05, 0) is 36.0 Å². The second-order valence-electron chi connectivity index (χ2n) is 6.47. The Kier molecular flexibility index (Phi) is 6.46. The molecule has 156 valence electrons. The second kappa shape index (κ2) is 9.43. The van der Waals surface area contributed by atoms with Crippen LogP contribution in [0, 0.1) is 10.6 Å². The molecule has 0 unspecified atom stereocenters. The van der Waals surface area contributed by atoms with Gasteiger partial charge >= 0.3 is 0 Å². The van der Waals surface area contributed by atoms with Crippen LogP contribution in [0.4, 0.5) is 4.39 Å². The Hall–Kier alpha value is -3.00. The standard InChI is InChI=1S/C22H15Cl2FN4OS/c23-17-10-14(11-18(24)20(17)30-13-16-8-4-5-9-19(16)25)12-26-29-21(27-28-22(29)31)15-6-2-1-3-7-15/h1-12H,13H2,(H,28,31). The molecule has 0 aliphatic heterocycles. The molecular formula is C22H15Cl2FN4OS. The topological polar surface area (TPSA) is 55.2 Å². The Bertz CT molecular complexity index is 1280. The van der Waals surface area contributed by atoms with E-state index in [0.717, 1.165) is 5.56 Å². The number of nitrogens with zero attached hydrogens (tertiary/aromatic N) is 3. The molecule has 1 N–H and O–H groups in total. The molecule has 9 heteroatoms. The average molecular weight is 473 g/mol. The van der Waals surface area contributed by atoms with Gasteiger partial charge < -0.3 is 4.74 Å². The Balaban J connectivity index is 1.57. The first-order chi connectivity index (χ1) is 15.0. The molecule has 0 amide bonds. The van der Waals surface area contributed by atoms with E-state index >= 15 is 0 Å². The maximum Gasteiger partial charge on any atom is 0.216 e. The Labute approximate surface area is 192 Å². The third-order valence-corrected chi connectivity index (χ3v) is 5.18. The number of nitrogens with one attached hydrogen (secondary N) is 1. The van der Waals surface area contributed by atoms with Crippen molar-refractivity contribution in [3.63, 3.8) is 0 Å². The van der Waals surface area contributed by atoms with Gasteiger partial charge in [0.25, 0.3) is 0 Å². The van der Waals surface area contributed by atoms with E-state index in [1.54, 1.807) is 36.5 Å². The summed E-state index contributed by atoms with van der Waals surface area (Å²) in [6.45, 7) is 0.00413. The minimum atomic E-state index is -0.357. The molecule has 0 saturated carbocycles. The van der Waals surface area contributed by atoms with Crippen LogP contribution >= 0.6 is 35.4 Å². The van der Waals surface area contributed by atoms with Gasteiger partial charge in [0.2, 0.25) is 4.77 Å². The van der Waals surface area contributed by atoms with E-state index < -0.39 is 0 Å². The lowest BCUT2D eigenvalue weighted by molar-refractivity contribution is 0.300. The van der Waals surface area contributed by atoms with E-state index in [0.29, 0.717) is 21.7 Å². The van der Waals surface area contributed by atoms with Crippen molar-refractivity contribution in [1.29, 1.82) is 0 Å². The van der Waals surface area contributed by atoms with Crippen molar-refractivity contribution in [2.24, 2.45) is 5.10 Å². The van der Waals surface area contributed by atoms with Crippen LogP contribution in [0.15, 0.2) is 71.8 Å². The highest BCUT2D eigenvalue weighted by atomic mass is 35.5. The van der Waals surface area contributed by atoms with E-state index in [9.17, 15) is 4.39 Å². The SMILES string of the molecule is Fc1ccccc1COc1c(Cl)cc(C=Nn2c(-c3ccccc3)n[nH]c2=S)cc1Cl. The molecule has 1 heterocycles. The molecule has 0 fully saturated rings. The molecule has 0 radical (unpaired) electrons. The van der Waals surface area contributed by atoms with Gasteiger partial charge in [-0.1, -0.05) is 71.7 Å². The highest BCUT2D eigenvalue weighted by Gasteiger charge is 2.12. The average Bonchev–Trinajstić information content (AvgIpc) is 3.14. The molecular weight excluding hydrogens is 458 g/mol. The molecule has 4 rings (SSSR count). The van der Waals surface area contributed by atoms with E-state index in [1.165, 1.54) is 10.7 Å². The van der Waals surface area contributed by atoms with Crippen LogP contribution in [-0.4, -0.2) is 21.1 Å². The third kappa shape index (κ3) is 4.85. The minimum Gasteiger partial charge on any atom is -0.486 e. The van der Waals surface area contributed by atoms with Crippen molar-refractivity contribution in [2.75, 3.05) is 0 Å². The number of aromatic amines is 1. The summed E-state index contributed by atoms with van der Waals surface area (Å²) < 4.78 is 21.3. The second-order valence-corrected chi connectivity index (χ2v) is 7.67. The van der Waals surface area contributed by atoms with Crippen molar-refractivity contribution in [2.45, 2.75) is 6.61 Å². The summed E-state index contributed by atoms with van der Waals surface area (Å²) >= 11 is 18.0. The number of H-pyrrole nitrogens is 1. The zero-order valence-electron chi connectivity index (χ0n) is 15.9. The number of aromatic nitrogens is 3. The molecule has 0 aliphatic rings. The van der Waals surface area contributed by atoms with E-state index in [4.69, 9.17) is 40.2 Å². The van der Waals surface area contributed by atoms with Crippen LogP contribution in [0.2, 0.25) is 10.0 Å². The molecule has 31 heavy (non-hydrogen) atoms. The van der Waals surface area contributed by atoms with E-state index in [-0.39, 0.29) is 28.2 Å². The van der Waals surface area contributed by atoms with Crippen molar-refractivity contribution in [3.8, 4) is 17.1 Å². The van der Waals surface area contributed by atoms with Crippen LogP contribution in [0.25, 0.3) is 11.4 Å². The van der Waals surface area contributed by atoms with Gasteiger partial charge in [-0.15, -0.1) is 0 Å². The van der Waals surface area contributed by atoms with Crippen molar-refractivity contribution < 1.29 is 9.13 Å². The number of halogens is 3. The minimum absolute atomic E-state index is 0.00413. The molecule has 1 aromatic heterocycles. The van der Waals surface area contributed by atoms with Gasteiger partial charge in [0.05, 0.1) is 16.3 Å². The van der Waals surface area contributed by atoms with Crippen molar-refractivity contribution >= 4 is 41.6 Å². The third-order valence-electron chi connectivity index (χ3n) is 4.36. The van der Waals surface area contributed by atoms with Crippen LogP contribution in [0.3, 0.4) is 0 Å². The van der Waals surface area contributed by atoms with Gasteiger partial charge in [-0.2, -0.15) is 14.9 Å². The van der Waals surface area contributed by atoms with Crippen LogP contribution in [0.1, 0.15) is 11.1 Å². The fourth-order valence-corrected chi connectivity index (χ4v) is 3.65. The van der Waals surface area contributed by atoms with Crippen LogP contribution < -0.4 is 4.74 Å². The normalized spacial score (nSPS) is 11.2. The lowest BCUT2D eigenvalue weighted by atomic mass is 10.2. The van der Waals surface area contributed by atoms with Gasteiger partial charge in [-0.3, -0.25) is 0 Å². The smallest absolute Gasteiger partial charge is 0.216 e.